The second-order valence-corrected chi connectivity index (χ2v) is 4.58. The third-order valence-electron chi connectivity index (χ3n) is 3.34. The summed E-state index contributed by atoms with van der Waals surface area (Å²) in [5, 5.41) is 0. The van der Waals surface area contributed by atoms with E-state index in [-0.39, 0.29) is 0 Å². The summed E-state index contributed by atoms with van der Waals surface area (Å²) in [6.07, 6.45) is 1.09. The van der Waals surface area contributed by atoms with Crippen LogP contribution in [0, 0.1) is 0 Å². The third-order valence-corrected chi connectivity index (χ3v) is 3.34. The second kappa shape index (κ2) is 4.84. The van der Waals surface area contributed by atoms with Crippen LogP contribution < -0.4 is 9.30 Å². The molecule has 3 aromatic rings. The Morgan fingerprint density at radius 2 is 1.84 bits per heavy atom. The molecule has 0 N–H and O–H groups in total. The van der Waals surface area contributed by atoms with Crippen molar-refractivity contribution in [3.8, 4) is 5.75 Å². The maximum atomic E-state index is 5.43. The minimum absolute atomic E-state index is 0.827. The van der Waals surface area contributed by atoms with Gasteiger partial charge in [-0.3, -0.25) is 0 Å². The van der Waals surface area contributed by atoms with Gasteiger partial charge in [0.2, 0.25) is 11.0 Å². The van der Waals surface area contributed by atoms with Gasteiger partial charge in [-0.25, -0.2) is 4.98 Å². The Hall–Kier alpha value is -2.16. The van der Waals surface area contributed by atoms with E-state index >= 15 is 0 Å². The first-order valence-corrected chi connectivity index (χ1v) is 6.60. The van der Waals surface area contributed by atoms with Gasteiger partial charge >= 0.3 is 0 Å². The van der Waals surface area contributed by atoms with Crippen LogP contribution in [0.2, 0.25) is 0 Å². The largest absolute Gasteiger partial charge is 0.494 e. The van der Waals surface area contributed by atoms with E-state index in [0.29, 0.717) is 0 Å². The van der Waals surface area contributed by atoms with Crippen LogP contribution >= 0.6 is 0 Å². The lowest BCUT2D eigenvalue weighted by Gasteiger charge is -2.07. The first-order chi connectivity index (χ1) is 9.35. The number of para-hydroxylation sites is 3. The normalized spacial score (nSPS) is 11.1. The van der Waals surface area contributed by atoms with E-state index in [1.54, 1.807) is 7.11 Å². The molecule has 0 amide bonds. The van der Waals surface area contributed by atoms with Crippen molar-refractivity contribution in [2.24, 2.45) is 0 Å². The molecular weight excluding hydrogens is 236 g/mol. The van der Waals surface area contributed by atoms with Crippen molar-refractivity contribution in [1.82, 2.24) is 4.98 Å². The van der Waals surface area contributed by atoms with Crippen molar-refractivity contribution >= 4 is 22.1 Å². The maximum Gasteiger partial charge on any atom is 0.235 e. The number of hydrogen-bond donors (Lipinski definition) is 0. The number of aryl methyl sites for hydroxylation is 1. The lowest BCUT2D eigenvalue weighted by atomic mass is 10.2. The van der Waals surface area contributed by atoms with Crippen LogP contribution in [0.1, 0.15) is 13.3 Å². The molecule has 0 aliphatic rings. The highest BCUT2D eigenvalue weighted by atomic mass is 16.5. The number of ether oxygens (including phenoxy) is 1. The monoisotopic (exact) mass is 253 g/mol. The molecule has 96 valence electrons. The van der Waals surface area contributed by atoms with Crippen molar-refractivity contribution in [1.29, 1.82) is 0 Å². The highest BCUT2D eigenvalue weighted by Crippen LogP contribution is 2.23. The highest BCUT2D eigenvalue weighted by Gasteiger charge is 2.17. The molecule has 19 heavy (non-hydrogen) atoms. The van der Waals surface area contributed by atoms with Crippen molar-refractivity contribution in [3.05, 3.63) is 42.5 Å². The van der Waals surface area contributed by atoms with Crippen LogP contribution in [-0.4, -0.2) is 12.1 Å². The van der Waals surface area contributed by atoms with E-state index in [0.717, 1.165) is 35.3 Å². The molecule has 0 aliphatic carbocycles. The average molecular weight is 253 g/mol. The summed E-state index contributed by atoms with van der Waals surface area (Å²) in [5.74, 6) is 0.827. The molecule has 1 heterocycles. The predicted octanol–water partition coefficient (Wildman–Crippen LogP) is 3.09. The summed E-state index contributed by atoms with van der Waals surface area (Å²) in [5.41, 5.74) is 4.23. The zero-order valence-corrected chi connectivity index (χ0v) is 11.3. The third kappa shape index (κ3) is 1.91. The van der Waals surface area contributed by atoms with E-state index in [4.69, 9.17) is 9.72 Å². The minimum atomic E-state index is 0.827. The fourth-order valence-electron chi connectivity index (χ4n) is 2.51. The first kappa shape index (κ1) is 11.9. The average Bonchev–Trinajstić information content (AvgIpc) is 2.46. The standard InChI is InChI=1S/C16H17N2O/c1-3-11-18-13-8-5-4-7-12(13)17-16-14(18)9-6-10-15(16)19-2/h4-10H,3,11H2,1-2H3/q+1. The number of nitrogens with zero attached hydrogens (tertiary/aromatic N) is 2. The number of hydrogen-bond acceptors (Lipinski definition) is 2. The molecular formula is C16H17N2O+. The van der Waals surface area contributed by atoms with E-state index in [1.807, 2.05) is 24.3 Å². The molecule has 0 unspecified atom stereocenters. The molecule has 3 rings (SSSR count). The number of aromatic nitrogens is 2. The number of methoxy groups -OCH3 is 1. The van der Waals surface area contributed by atoms with Gasteiger partial charge in [-0.1, -0.05) is 25.1 Å². The van der Waals surface area contributed by atoms with Crippen molar-refractivity contribution in [3.63, 3.8) is 0 Å². The second-order valence-electron chi connectivity index (χ2n) is 4.58. The summed E-state index contributed by atoms with van der Waals surface area (Å²) < 4.78 is 7.75. The Morgan fingerprint density at radius 3 is 2.63 bits per heavy atom. The van der Waals surface area contributed by atoms with E-state index in [2.05, 4.69) is 29.7 Å². The maximum absolute atomic E-state index is 5.43. The molecule has 0 bridgehead atoms. The van der Waals surface area contributed by atoms with Gasteiger partial charge in [0.05, 0.1) is 7.11 Å². The topological polar surface area (TPSA) is 26.0 Å². The van der Waals surface area contributed by atoms with Gasteiger partial charge in [0.25, 0.3) is 0 Å². The van der Waals surface area contributed by atoms with Crippen molar-refractivity contribution in [2.75, 3.05) is 7.11 Å². The first-order valence-electron chi connectivity index (χ1n) is 6.60. The van der Waals surface area contributed by atoms with Crippen LogP contribution in [0.15, 0.2) is 42.5 Å². The summed E-state index contributed by atoms with van der Waals surface area (Å²) in [4.78, 5) is 4.75. The Labute approximate surface area is 112 Å². The zero-order valence-electron chi connectivity index (χ0n) is 11.3. The van der Waals surface area contributed by atoms with Crippen LogP contribution in [0.3, 0.4) is 0 Å². The molecule has 0 aliphatic heterocycles. The van der Waals surface area contributed by atoms with Crippen LogP contribution in [0.25, 0.3) is 22.1 Å². The zero-order chi connectivity index (χ0) is 13.2. The van der Waals surface area contributed by atoms with Crippen LogP contribution in [0.4, 0.5) is 0 Å². The SMILES string of the molecule is CCC[n+]1c2ccccc2nc2c(OC)cccc21. The summed E-state index contributed by atoms with van der Waals surface area (Å²) in [7, 11) is 1.69. The van der Waals surface area contributed by atoms with Crippen LogP contribution in [-0.2, 0) is 6.54 Å². The van der Waals surface area contributed by atoms with E-state index in [9.17, 15) is 0 Å². The summed E-state index contributed by atoms with van der Waals surface area (Å²) in [6, 6.07) is 14.3. The highest BCUT2D eigenvalue weighted by molar-refractivity contribution is 5.85. The van der Waals surface area contributed by atoms with Gasteiger partial charge in [-0.2, -0.15) is 4.57 Å². The molecule has 3 nitrogen and oxygen atoms in total. The predicted molar refractivity (Wildman–Crippen MR) is 76.3 cm³/mol. The Morgan fingerprint density at radius 1 is 1.05 bits per heavy atom. The van der Waals surface area contributed by atoms with Crippen molar-refractivity contribution < 1.29 is 9.30 Å². The lowest BCUT2D eigenvalue weighted by molar-refractivity contribution is -0.645. The van der Waals surface area contributed by atoms with Crippen LogP contribution in [0.5, 0.6) is 5.75 Å². The van der Waals surface area contributed by atoms with E-state index in [1.165, 1.54) is 5.52 Å². The fourth-order valence-corrected chi connectivity index (χ4v) is 2.51. The van der Waals surface area contributed by atoms with Crippen molar-refractivity contribution in [2.45, 2.75) is 19.9 Å². The number of benzene rings is 2. The van der Waals surface area contributed by atoms with E-state index < -0.39 is 0 Å². The lowest BCUT2D eigenvalue weighted by Crippen LogP contribution is -2.35. The molecule has 0 atom stereocenters. The summed E-state index contributed by atoms with van der Waals surface area (Å²) in [6.45, 7) is 3.17. The molecule has 0 fully saturated rings. The summed E-state index contributed by atoms with van der Waals surface area (Å²) >= 11 is 0. The molecule has 0 saturated carbocycles. The molecule has 0 saturated heterocycles. The van der Waals surface area contributed by atoms with Gasteiger partial charge in [0, 0.05) is 18.6 Å². The van der Waals surface area contributed by atoms with Gasteiger partial charge < -0.3 is 4.74 Å². The van der Waals surface area contributed by atoms with Gasteiger partial charge in [-0.15, -0.1) is 0 Å². The number of rotatable bonds is 3. The smallest absolute Gasteiger partial charge is 0.235 e. The fraction of sp³-hybridized carbons (Fsp3) is 0.250. The minimum Gasteiger partial charge on any atom is -0.494 e. The molecule has 3 heteroatoms. The Bertz CT molecular complexity index is 737. The van der Waals surface area contributed by atoms with Gasteiger partial charge in [0.15, 0.2) is 11.3 Å². The quantitative estimate of drug-likeness (QED) is 0.529. The van der Waals surface area contributed by atoms with Gasteiger partial charge in [0.1, 0.15) is 12.1 Å². The molecule has 1 aromatic heterocycles. The Kier molecular flexibility index (Phi) is 3.03. The molecule has 0 radical (unpaired) electrons. The molecule has 0 spiro atoms. The molecule has 2 aromatic carbocycles. The van der Waals surface area contributed by atoms with Gasteiger partial charge in [-0.05, 0) is 12.1 Å². The Balaban J connectivity index is 2.47. The number of fused-ring (bicyclic) bond motifs is 2.